The highest BCUT2D eigenvalue weighted by Crippen LogP contribution is 2.62. The Morgan fingerprint density at radius 3 is 2.44 bits per heavy atom. The molecular weight excluding hydrogens is 228 g/mol. The molecule has 0 radical (unpaired) electrons. The number of aliphatic carboxylic acids is 1. The van der Waals surface area contributed by atoms with Crippen LogP contribution in [-0.2, 0) is 10.2 Å². The summed E-state index contributed by atoms with van der Waals surface area (Å²) in [6, 6.07) is 1.75. The first kappa shape index (κ1) is 10.5. The zero-order chi connectivity index (χ0) is 12.1. The molecule has 16 heavy (non-hydrogen) atoms. The van der Waals surface area contributed by atoms with Crippen molar-refractivity contribution in [1.82, 2.24) is 0 Å². The van der Waals surface area contributed by atoms with Gasteiger partial charge in [-0.3, -0.25) is 14.9 Å². The van der Waals surface area contributed by atoms with Crippen LogP contribution < -0.4 is 0 Å². The number of carboxylic acids is 1. The molecule has 1 fully saturated rings. The first-order chi connectivity index (χ1) is 7.31. The molecule has 0 aliphatic heterocycles. The summed E-state index contributed by atoms with van der Waals surface area (Å²) < 4.78 is 30.5. The maximum absolute atomic E-state index is 13.0. The van der Waals surface area contributed by atoms with Crippen LogP contribution in [0.5, 0.6) is 0 Å². The van der Waals surface area contributed by atoms with Crippen molar-refractivity contribution in [3.05, 3.63) is 28.0 Å². The molecule has 1 atom stereocenters. The first-order valence-electron chi connectivity index (χ1n) is 4.17. The van der Waals surface area contributed by atoms with E-state index in [0.717, 1.165) is 12.1 Å². The normalized spacial score (nSPS) is 26.4. The van der Waals surface area contributed by atoms with Crippen molar-refractivity contribution in [2.75, 3.05) is 0 Å². The van der Waals surface area contributed by atoms with E-state index in [1.165, 1.54) is 0 Å². The summed E-state index contributed by atoms with van der Waals surface area (Å²) >= 11 is 0. The molecule has 1 N–H and O–H groups in total. The van der Waals surface area contributed by atoms with Crippen LogP contribution in [0.25, 0.3) is 0 Å². The number of nitrogens with zero attached hydrogens (tertiary/aromatic N) is 1. The predicted octanol–water partition coefficient (Wildman–Crippen LogP) is 1.55. The van der Waals surface area contributed by atoms with Gasteiger partial charge in [-0.25, -0.2) is 8.78 Å². The average Bonchev–Trinajstić information content (AvgIpc) is 2.61. The Bertz CT molecular complexity index is 483. The predicted molar refractivity (Wildman–Crippen MR) is 44.2 cm³/mol. The Hall–Kier alpha value is -1.99. The van der Waals surface area contributed by atoms with Gasteiger partial charge in [-0.2, -0.15) is 0 Å². The van der Waals surface area contributed by atoms with Gasteiger partial charge in [-0.1, -0.05) is 0 Å². The molecule has 0 spiro atoms. The topological polar surface area (TPSA) is 93.6 Å². The van der Waals surface area contributed by atoms with Crippen molar-refractivity contribution in [3.63, 3.8) is 0 Å². The van der Waals surface area contributed by atoms with E-state index in [-0.39, 0.29) is 0 Å². The summed E-state index contributed by atoms with van der Waals surface area (Å²) in [6.07, 6.45) is -0.903. The first-order valence-corrected chi connectivity index (χ1v) is 4.17. The highest BCUT2D eigenvalue weighted by Gasteiger charge is 2.79. The van der Waals surface area contributed by atoms with Crippen LogP contribution in [0.2, 0.25) is 0 Å². The molecule has 86 valence electrons. The molecule has 6 nitrogen and oxygen atoms in total. The zero-order valence-electron chi connectivity index (χ0n) is 7.65. The van der Waals surface area contributed by atoms with Crippen LogP contribution in [0.15, 0.2) is 16.5 Å². The molecule has 2 rings (SSSR count). The van der Waals surface area contributed by atoms with Crippen LogP contribution in [0.3, 0.4) is 0 Å². The number of hydrogen-bond donors (Lipinski definition) is 1. The lowest BCUT2D eigenvalue weighted by atomic mass is 10.0. The molecular formula is C8H5F2NO5. The largest absolute Gasteiger partial charge is 0.480 e. The van der Waals surface area contributed by atoms with E-state index in [1.807, 2.05) is 0 Å². The van der Waals surface area contributed by atoms with E-state index in [9.17, 15) is 23.7 Å². The number of alkyl halides is 2. The fourth-order valence-corrected chi connectivity index (χ4v) is 1.55. The fourth-order valence-electron chi connectivity index (χ4n) is 1.55. The highest BCUT2D eigenvalue weighted by atomic mass is 19.3. The summed E-state index contributed by atoms with van der Waals surface area (Å²) in [6.45, 7) is 0. The second-order valence-electron chi connectivity index (χ2n) is 3.49. The number of carboxylic acid groups (broad SMARTS) is 1. The van der Waals surface area contributed by atoms with Crippen LogP contribution >= 0.6 is 0 Å². The van der Waals surface area contributed by atoms with Crippen molar-refractivity contribution >= 4 is 11.9 Å². The monoisotopic (exact) mass is 233 g/mol. The molecule has 0 amide bonds. The van der Waals surface area contributed by atoms with Gasteiger partial charge in [0.1, 0.15) is 10.7 Å². The zero-order valence-corrected chi connectivity index (χ0v) is 7.65. The highest BCUT2D eigenvalue weighted by molar-refractivity contribution is 5.86. The number of furan rings is 1. The third-order valence-electron chi connectivity index (χ3n) is 2.54. The second kappa shape index (κ2) is 2.77. The molecule has 1 unspecified atom stereocenters. The number of carbonyl (C=O) groups is 1. The smallest absolute Gasteiger partial charge is 0.433 e. The van der Waals surface area contributed by atoms with Crippen LogP contribution in [0, 0.1) is 10.1 Å². The maximum Gasteiger partial charge on any atom is 0.433 e. The van der Waals surface area contributed by atoms with Crippen molar-refractivity contribution in [2.45, 2.75) is 17.8 Å². The molecule has 1 aliphatic rings. The lowest BCUT2D eigenvalue weighted by molar-refractivity contribution is -0.402. The third-order valence-corrected chi connectivity index (χ3v) is 2.54. The maximum atomic E-state index is 13.0. The standard InChI is InChI=1S/C8H5F2NO5/c9-8(10)3-7(8,6(12)13)4-1-2-5(16-4)11(14)15/h1-2H,3H2,(H,12,13). The average molecular weight is 233 g/mol. The molecule has 8 heteroatoms. The third kappa shape index (κ3) is 1.12. The molecule has 0 saturated heterocycles. The molecule has 0 aromatic carbocycles. The van der Waals surface area contributed by atoms with Crippen LogP contribution in [-0.4, -0.2) is 21.9 Å². The van der Waals surface area contributed by atoms with Crippen molar-refractivity contribution in [1.29, 1.82) is 0 Å². The summed E-state index contributed by atoms with van der Waals surface area (Å²) in [7, 11) is 0. The number of nitro groups is 1. The van der Waals surface area contributed by atoms with Gasteiger partial charge in [0, 0.05) is 6.42 Å². The van der Waals surface area contributed by atoms with Gasteiger partial charge in [0.2, 0.25) is 0 Å². The quantitative estimate of drug-likeness (QED) is 0.631. The summed E-state index contributed by atoms with van der Waals surface area (Å²) in [5.74, 6) is -6.51. The van der Waals surface area contributed by atoms with E-state index in [2.05, 4.69) is 4.42 Å². The number of rotatable bonds is 3. The van der Waals surface area contributed by atoms with Gasteiger partial charge in [0.25, 0.3) is 5.92 Å². The molecule has 1 aromatic heterocycles. The van der Waals surface area contributed by atoms with Crippen LogP contribution in [0.1, 0.15) is 12.2 Å². The van der Waals surface area contributed by atoms with E-state index in [0.29, 0.717) is 0 Å². The van der Waals surface area contributed by atoms with E-state index >= 15 is 0 Å². The van der Waals surface area contributed by atoms with Crippen molar-refractivity contribution < 1.29 is 28.0 Å². The second-order valence-corrected chi connectivity index (χ2v) is 3.49. The van der Waals surface area contributed by atoms with Crippen LogP contribution in [0.4, 0.5) is 14.7 Å². The van der Waals surface area contributed by atoms with Gasteiger partial charge >= 0.3 is 11.9 Å². The molecule has 1 aliphatic carbocycles. The Balaban J connectivity index is 2.43. The Labute approximate surface area is 86.6 Å². The minimum atomic E-state index is -3.43. The number of hydrogen-bond acceptors (Lipinski definition) is 4. The van der Waals surface area contributed by atoms with E-state index < -0.39 is 40.3 Å². The Morgan fingerprint density at radius 2 is 2.12 bits per heavy atom. The van der Waals surface area contributed by atoms with Gasteiger partial charge in [-0.15, -0.1) is 0 Å². The SMILES string of the molecule is O=C(O)C1(c2ccc([N+](=O)[O-])o2)CC1(F)F. The van der Waals surface area contributed by atoms with Gasteiger partial charge < -0.3 is 9.52 Å². The van der Waals surface area contributed by atoms with Gasteiger partial charge in [-0.05, 0) is 6.07 Å². The molecule has 1 saturated carbocycles. The molecule has 0 bridgehead atoms. The van der Waals surface area contributed by atoms with E-state index in [1.54, 1.807) is 0 Å². The lowest BCUT2D eigenvalue weighted by Gasteiger charge is -2.06. The summed E-state index contributed by atoms with van der Waals surface area (Å²) in [4.78, 5) is 20.1. The molecule has 1 aromatic rings. The summed E-state index contributed by atoms with van der Waals surface area (Å²) in [5.41, 5.74) is -2.44. The fraction of sp³-hybridized carbons (Fsp3) is 0.375. The van der Waals surface area contributed by atoms with Crippen molar-refractivity contribution in [3.8, 4) is 0 Å². The number of halogens is 2. The van der Waals surface area contributed by atoms with Gasteiger partial charge in [0.05, 0.1) is 6.07 Å². The molecule has 1 heterocycles. The summed E-state index contributed by atoms with van der Waals surface area (Å²) in [5, 5.41) is 19.0. The minimum Gasteiger partial charge on any atom is -0.480 e. The Kier molecular flexibility index (Phi) is 1.82. The van der Waals surface area contributed by atoms with E-state index in [4.69, 9.17) is 5.11 Å². The van der Waals surface area contributed by atoms with Crippen molar-refractivity contribution in [2.24, 2.45) is 0 Å². The van der Waals surface area contributed by atoms with Gasteiger partial charge in [0.15, 0.2) is 5.41 Å². The minimum absolute atomic E-state index is 0.586. The Morgan fingerprint density at radius 1 is 1.56 bits per heavy atom. The lowest BCUT2D eigenvalue weighted by Crippen LogP contribution is -2.26.